The molecule has 0 bridgehead atoms. The first-order valence-corrected chi connectivity index (χ1v) is 16.0. The Morgan fingerprint density at radius 2 is 1.77 bits per heavy atom. The van der Waals surface area contributed by atoms with E-state index in [1.807, 2.05) is 0 Å². The second-order valence-electron chi connectivity index (χ2n) is 11.1. The number of nitrogens with zero attached hydrogens (tertiary/aromatic N) is 3. The smallest absolute Gasteiger partial charge is 0.417 e. The average molecular weight is 690 g/mol. The molecule has 15 heteroatoms. The van der Waals surface area contributed by atoms with Gasteiger partial charge in [0, 0.05) is 22.5 Å². The number of methoxy groups -OCH3 is 2. The summed E-state index contributed by atoms with van der Waals surface area (Å²) in [5.41, 5.74) is -1.78. The number of ether oxygens (including phenoxy) is 2. The summed E-state index contributed by atoms with van der Waals surface area (Å²) in [5, 5.41) is 14.3. The molecule has 0 atom stereocenters. The van der Waals surface area contributed by atoms with Crippen LogP contribution in [0, 0.1) is 0 Å². The number of aliphatic hydroxyl groups is 1. The molecular formula is C32H27ClF3N3O7S. The standard InChI is InChI=1S/C32H27ClF3N3O7S/c1-44-22-6-3-19(4-7-22)18-38(29-11-12-46-37-29)47(42,43)23-8-9-26-20(13-23)5-10-30(40)39(26)27-15-25(33)24(14-28(27)45-2)21-16-31(41,17-21)32(34,35)36/h3-15,21,41H,16-18H2,1-2H3. The number of benzene rings is 3. The van der Waals surface area contributed by atoms with E-state index in [0.717, 1.165) is 4.31 Å². The van der Waals surface area contributed by atoms with Crippen molar-refractivity contribution in [2.75, 3.05) is 18.5 Å². The molecule has 1 fully saturated rings. The Kier molecular flexibility index (Phi) is 8.22. The number of hydrogen-bond acceptors (Lipinski definition) is 8. The van der Waals surface area contributed by atoms with Crippen LogP contribution < -0.4 is 19.3 Å². The highest BCUT2D eigenvalue weighted by molar-refractivity contribution is 7.92. The minimum Gasteiger partial charge on any atom is -0.497 e. The molecule has 1 aliphatic carbocycles. The first-order valence-electron chi connectivity index (χ1n) is 14.1. The lowest BCUT2D eigenvalue weighted by atomic mass is 9.67. The molecule has 0 aliphatic heterocycles. The number of aromatic nitrogens is 2. The summed E-state index contributed by atoms with van der Waals surface area (Å²) >= 11 is 6.54. The average Bonchev–Trinajstić information content (AvgIpc) is 3.56. The van der Waals surface area contributed by atoms with Crippen molar-refractivity contribution in [3.8, 4) is 17.2 Å². The molecule has 1 N–H and O–H groups in total. The van der Waals surface area contributed by atoms with E-state index in [2.05, 4.69) is 5.16 Å². The van der Waals surface area contributed by atoms with Gasteiger partial charge in [0.1, 0.15) is 17.8 Å². The van der Waals surface area contributed by atoms with Gasteiger partial charge in [-0.15, -0.1) is 0 Å². The third kappa shape index (κ3) is 5.81. The molecular weight excluding hydrogens is 663 g/mol. The highest BCUT2D eigenvalue weighted by Gasteiger charge is 2.61. The Labute approximate surface area is 271 Å². The fraction of sp³-hybridized carbons (Fsp3) is 0.250. The van der Waals surface area contributed by atoms with E-state index in [-0.39, 0.29) is 33.7 Å². The van der Waals surface area contributed by atoms with Crippen LogP contribution in [0.3, 0.4) is 0 Å². The summed E-state index contributed by atoms with van der Waals surface area (Å²) in [5.74, 6) is 0.134. The first-order chi connectivity index (χ1) is 22.3. The topological polar surface area (TPSA) is 124 Å². The molecule has 0 saturated heterocycles. The van der Waals surface area contributed by atoms with Crippen LogP contribution in [-0.4, -0.2) is 49.2 Å². The Morgan fingerprint density at radius 3 is 2.38 bits per heavy atom. The molecule has 0 unspecified atom stereocenters. The highest BCUT2D eigenvalue weighted by atomic mass is 35.5. The minimum atomic E-state index is -4.77. The third-order valence-electron chi connectivity index (χ3n) is 8.29. The zero-order valence-corrected chi connectivity index (χ0v) is 26.4. The maximum absolute atomic E-state index is 14.0. The van der Waals surface area contributed by atoms with Gasteiger partial charge in [-0.25, -0.2) is 12.7 Å². The Morgan fingerprint density at radius 1 is 1.04 bits per heavy atom. The van der Waals surface area contributed by atoms with Gasteiger partial charge in [0.15, 0.2) is 11.4 Å². The van der Waals surface area contributed by atoms with Crippen molar-refractivity contribution in [1.82, 2.24) is 9.72 Å². The number of sulfonamides is 1. The van der Waals surface area contributed by atoms with Crippen molar-refractivity contribution in [3.63, 3.8) is 0 Å². The number of hydrogen-bond donors (Lipinski definition) is 1. The summed E-state index contributed by atoms with van der Waals surface area (Å²) in [6.45, 7) is -0.0696. The lowest BCUT2D eigenvalue weighted by molar-refractivity contribution is -0.291. The summed E-state index contributed by atoms with van der Waals surface area (Å²) in [4.78, 5) is 13.2. The molecule has 47 heavy (non-hydrogen) atoms. The van der Waals surface area contributed by atoms with Gasteiger partial charge in [0.05, 0.1) is 36.9 Å². The van der Waals surface area contributed by atoms with E-state index in [0.29, 0.717) is 27.8 Å². The highest BCUT2D eigenvalue weighted by Crippen LogP contribution is 2.54. The number of alkyl halides is 3. The number of halogens is 4. The van der Waals surface area contributed by atoms with Gasteiger partial charge < -0.3 is 19.1 Å². The summed E-state index contributed by atoms with van der Waals surface area (Å²) in [7, 11) is -1.36. The first kappa shape index (κ1) is 32.4. The van der Waals surface area contributed by atoms with Crippen molar-refractivity contribution < 1.29 is 40.7 Å². The van der Waals surface area contributed by atoms with Crippen LogP contribution in [0.1, 0.15) is 29.9 Å². The van der Waals surface area contributed by atoms with Crippen molar-refractivity contribution in [1.29, 1.82) is 0 Å². The Bertz CT molecular complexity index is 2110. The summed E-state index contributed by atoms with van der Waals surface area (Å²) in [6, 6.07) is 18.1. The van der Waals surface area contributed by atoms with Crippen molar-refractivity contribution >= 4 is 38.3 Å². The number of pyridine rings is 1. The fourth-order valence-electron chi connectivity index (χ4n) is 5.70. The largest absolute Gasteiger partial charge is 0.497 e. The number of anilines is 1. The predicted molar refractivity (Wildman–Crippen MR) is 167 cm³/mol. The second-order valence-corrected chi connectivity index (χ2v) is 13.4. The van der Waals surface area contributed by atoms with E-state index < -0.39 is 46.1 Å². The van der Waals surface area contributed by atoms with E-state index in [9.17, 15) is 31.5 Å². The predicted octanol–water partition coefficient (Wildman–Crippen LogP) is 6.22. The lowest BCUT2D eigenvalue weighted by Crippen LogP contribution is -2.54. The van der Waals surface area contributed by atoms with Crippen molar-refractivity contribution in [2.45, 2.75) is 42.0 Å². The zero-order chi connectivity index (χ0) is 33.7. The maximum atomic E-state index is 14.0. The molecule has 2 heterocycles. The number of fused-ring (bicyclic) bond motifs is 1. The van der Waals surface area contributed by atoms with Crippen LogP contribution >= 0.6 is 11.6 Å². The minimum absolute atomic E-state index is 0.0606. The second kappa shape index (κ2) is 11.9. The van der Waals surface area contributed by atoms with Crippen LogP contribution in [0.15, 0.2) is 93.3 Å². The van der Waals surface area contributed by atoms with Gasteiger partial charge in [-0.1, -0.05) is 28.9 Å². The molecule has 0 radical (unpaired) electrons. The van der Waals surface area contributed by atoms with Crippen molar-refractivity contribution in [3.05, 3.63) is 106 Å². The van der Waals surface area contributed by atoms with Gasteiger partial charge in [0.2, 0.25) is 0 Å². The van der Waals surface area contributed by atoms with E-state index in [1.165, 1.54) is 73.6 Å². The van der Waals surface area contributed by atoms with Gasteiger partial charge in [-0.3, -0.25) is 9.36 Å². The normalized spacial score (nSPS) is 18.1. The van der Waals surface area contributed by atoms with Gasteiger partial charge in [-0.05, 0) is 78.4 Å². The molecule has 10 nitrogen and oxygen atoms in total. The Hall–Kier alpha value is -4.53. The third-order valence-corrected chi connectivity index (χ3v) is 10.4. The monoisotopic (exact) mass is 689 g/mol. The van der Waals surface area contributed by atoms with Gasteiger partial charge in [0.25, 0.3) is 15.6 Å². The van der Waals surface area contributed by atoms with E-state index in [4.69, 9.17) is 25.6 Å². The van der Waals surface area contributed by atoms with Crippen LogP contribution in [0.25, 0.3) is 16.6 Å². The van der Waals surface area contributed by atoms with Gasteiger partial charge >= 0.3 is 6.18 Å². The molecule has 246 valence electrons. The van der Waals surface area contributed by atoms with Crippen LogP contribution in [0.2, 0.25) is 5.02 Å². The summed E-state index contributed by atoms with van der Waals surface area (Å²) < 4.78 is 85.8. The lowest BCUT2D eigenvalue weighted by Gasteiger charge is -2.45. The molecule has 5 aromatic rings. The molecule has 2 aromatic heterocycles. The quantitative estimate of drug-likeness (QED) is 0.194. The SMILES string of the molecule is COc1ccc(CN(c2ccon2)S(=O)(=O)c2ccc3c(ccc(=O)n3-c3cc(Cl)c(C4CC(O)(C(F)(F)F)C4)cc3OC)c2)cc1. The van der Waals surface area contributed by atoms with E-state index in [1.54, 1.807) is 24.3 Å². The molecule has 0 spiro atoms. The van der Waals surface area contributed by atoms with Crippen molar-refractivity contribution in [2.24, 2.45) is 0 Å². The fourth-order valence-corrected chi connectivity index (χ4v) is 7.44. The molecule has 0 amide bonds. The van der Waals surface area contributed by atoms with Gasteiger partial charge in [-0.2, -0.15) is 13.2 Å². The molecule has 3 aromatic carbocycles. The zero-order valence-electron chi connectivity index (χ0n) is 24.9. The van der Waals surface area contributed by atoms with Crippen LogP contribution in [0.5, 0.6) is 11.5 Å². The molecule has 1 saturated carbocycles. The van der Waals surface area contributed by atoms with Crippen LogP contribution in [-0.2, 0) is 16.6 Å². The Balaban J connectivity index is 1.39. The summed E-state index contributed by atoms with van der Waals surface area (Å²) in [6.07, 6.45) is -4.64. The number of rotatable bonds is 9. The van der Waals surface area contributed by atoms with E-state index >= 15 is 0 Å². The van der Waals surface area contributed by atoms with Crippen LogP contribution in [0.4, 0.5) is 19.0 Å². The molecule has 1 aliphatic rings. The maximum Gasteiger partial charge on any atom is 0.417 e. The molecule has 6 rings (SSSR count).